The predicted octanol–water partition coefficient (Wildman–Crippen LogP) is 14.1. The van der Waals surface area contributed by atoms with Gasteiger partial charge in [0.1, 0.15) is 0 Å². The second-order valence-corrected chi connectivity index (χ2v) is 15.3. The number of rotatable bonds is 3. The van der Waals surface area contributed by atoms with Crippen LogP contribution in [0.4, 0.5) is 0 Å². The summed E-state index contributed by atoms with van der Waals surface area (Å²) in [6.45, 7) is 0. The minimum absolute atomic E-state index is 0.656. The zero-order chi connectivity index (χ0) is 37.9. The third kappa shape index (κ3) is 4.23. The highest BCUT2D eigenvalue weighted by Gasteiger charge is 2.26. The Morgan fingerprint density at radius 3 is 1.50 bits per heavy atom. The average Bonchev–Trinajstić information content (AvgIpc) is 3.83. The van der Waals surface area contributed by atoms with E-state index in [-0.39, 0.29) is 0 Å². The van der Waals surface area contributed by atoms with E-state index < -0.39 is 0 Å². The first kappa shape index (κ1) is 31.4. The van der Waals surface area contributed by atoms with E-state index in [1.165, 1.54) is 75.7 Å². The minimum atomic E-state index is 0.656. The largest absolute Gasteiger partial charge is 0.309 e. The number of fused-ring (bicyclic) bond motifs is 17. The molecule has 13 aromatic rings. The summed E-state index contributed by atoms with van der Waals surface area (Å²) in [6, 6.07) is 70.0. The van der Waals surface area contributed by atoms with Gasteiger partial charge in [0.15, 0.2) is 0 Å². The van der Waals surface area contributed by atoms with Crippen LogP contribution in [0.2, 0.25) is 0 Å². The van der Waals surface area contributed by atoms with Crippen molar-refractivity contribution in [1.29, 1.82) is 0 Å². The monoisotopic (exact) mass is 736 g/mol. The molecule has 0 bridgehead atoms. The zero-order valence-electron chi connectivity index (χ0n) is 31.3. The van der Waals surface area contributed by atoms with Crippen molar-refractivity contribution in [3.05, 3.63) is 194 Å². The number of hydrogen-bond acceptors (Lipinski definition) is 2. The van der Waals surface area contributed by atoms with Gasteiger partial charge in [0.25, 0.3) is 0 Å². The van der Waals surface area contributed by atoms with Crippen molar-refractivity contribution in [2.45, 2.75) is 0 Å². The molecule has 0 aliphatic rings. The fraction of sp³-hybridized carbons (Fsp3) is 0. The molecule has 4 heteroatoms. The van der Waals surface area contributed by atoms with E-state index in [2.05, 4.69) is 203 Å². The summed E-state index contributed by atoms with van der Waals surface area (Å²) in [5.41, 5.74) is 8.65. The molecule has 0 aliphatic carbocycles. The first-order valence-electron chi connectivity index (χ1n) is 19.8. The molecule has 13 rings (SSSR count). The first-order chi connectivity index (χ1) is 28.8. The molecule has 0 radical (unpaired) electrons. The van der Waals surface area contributed by atoms with Gasteiger partial charge in [-0.15, -0.1) is 0 Å². The van der Waals surface area contributed by atoms with Gasteiger partial charge in [-0.05, 0) is 57.9 Å². The van der Waals surface area contributed by atoms with E-state index in [1.807, 2.05) is 0 Å². The van der Waals surface area contributed by atoms with Gasteiger partial charge < -0.3 is 4.57 Å². The lowest BCUT2D eigenvalue weighted by atomic mass is 9.89. The second kappa shape index (κ2) is 11.8. The van der Waals surface area contributed by atoms with Crippen LogP contribution in [0.15, 0.2) is 194 Å². The van der Waals surface area contributed by atoms with Gasteiger partial charge >= 0.3 is 0 Å². The number of benzene rings is 10. The van der Waals surface area contributed by atoms with E-state index in [4.69, 9.17) is 9.97 Å². The van der Waals surface area contributed by atoms with Gasteiger partial charge in [-0.1, -0.05) is 158 Å². The number of para-hydroxylation sites is 4. The van der Waals surface area contributed by atoms with Crippen LogP contribution < -0.4 is 0 Å². The minimum Gasteiger partial charge on any atom is -0.309 e. The third-order valence-corrected chi connectivity index (χ3v) is 12.2. The lowest BCUT2D eigenvalue weighted by Crippen LogP contribution is -2.04. The highest BCUT2D eigenvalue weighted by atomic mass is 15.2. The van der Waals surface area contributed by atoms with Gasteiger partial charge in [0, 0.05) is 59.7 Å². The summed E-state index contributed by atoms with van der Waals surface area (Å²) in [5, 5.41) is 15.6. The molecule has 3 heterocycles. The van der Waals surface area contributed by atoms with Crippen LogP contribution in [-0.2, 0) is 0 Å². The van der Waals surface area contributed by atoms with Gasteiger partial charge in [-0.25, -0.2) is 9.97 Å². The maximum Gasteiger partial charge on any atom is 0.235 e. The smallest absolute Gasteiger partial charge is 0.235 e. The Bertz CT molecular complexity index is 3850. The van der Waals surface area contributed by atoms with Crippen molar-refractivity contribution in [1.82, 2.24) is 19.1 Å². The molecule has 58 heavy (non-hydrogen) atoms. The number of hydrogen-bond donors (Lipinski definition) is 0. The van der Waals surface area contributed by atoms with Crippen LogP contribution in [0, 0.1) is 0 Å². The lowest BCUT2D eigenvalue weighted by molar-refractivity contribution is 1.02. The van der Waals surface area contributed by atoms with Crippen LogP contribution in [-0.4, -0.2) is 19.1 Å². The molecule has 0 saturated carbocycles. The molecule has 0 amide bonds. The lowest BCUT2D eigenvalue weighted by Gasteiger charge is -2.16. The molecule has 0 aliphatic heterocycles. The van der Waals surface area contributed by atoms with Crippen molar-refractivity contribution in [2.75, 3.05) is 0 Å². The highest BCUT2D eigenvalue weighted by molar-refractivity contribution is 6.45. The fourth-order valence-corrected chi connectivity index (χ4v) is 9.87. The maximum absolute atomic E-state index is 5.55. The Morgan fingerprint density at radius 1 is 0.328 bits per heavy atom. The van der Waals surface area contributed by atoms with E-state index >= 15 is 0 Å². The van der Waals surface area contributed by atoms with Crippen molar-refractivity contribution in [2.24, 2.45) is 0 Å². The van der Waals surface area contributed by atoms with E-state index in [1.54, 1.807) is 0 Å². The summed E-state index contributed by atoms with van der Waals surface area (Å²) in [6.07, 6.45) is 0. The fourth-order valence-electron chi connectivity index (χ4n) is 9.87. The Morgan fingerprint density at radius 2 is 0.828 bits per heavy atom. The summed E-state index contributed by atoms with van der Waals surface area (Å²) in [4.78, 5) is 10.9. The Balaban J connectivity index is 1.25. The van der Waals surface area contributed by atoms with Crippen molar-refractivity contribution in [3.8, 4) is 22.9 Å². The summed E-state index contributed by atoms with van der Waals surface area (Å²) in [5.74, 6) is 0.656. The molecule has 4 nitrogen and oxygen atoms in total. The van der Waals surface area contributed by atoms with Crippen LogP contribution in [0.25, 0.3) is 120 Å². The van der Waals surface area contributed by atoms with Gasteiger partial charge in [0.05, 0.1) is 33.3 Å². The van der Waals surface area contributed by atoms with E-state index in [0.717, 1.165) is 38.9 Å². The SMILES string of the molecule is c1ccc(-n2c3ccccc3c3c4c5ccccc5c5c(c6ccccc6n5-c5nc(-c6ccc7ccccc7c6)c6ccccc6n5)c4c4ccccc4c32)cc1. The van der Waals surface area contributed by atoms with Crippen molar-refractivity contribution in [3.63, 3.8) is 0 Å². The van der Waals surface area contributed by atoms with Gasteiger partial charge in [-0.2, -0.15) is 0 Å². The Labute approximate surface area is 332 Å². The summed E-state index contributed by atoms with van der Waals surface area (Å²) >= 11 is 0. The maximum atomic E-state index is 5.55. The Hall–Kier alpha value is -7.82. The zero-order valence-corrected chi connectivity index (χ0v) is 31.3. The van der Waals surface area contributed by atoms with E-state index in [0.29, 0.717) is 5.95 Å². The molecule has 10 aromatic carbocycles. The average molecular weight is 737 g/mol. The topological polar surface area (TPSA) is 35.6 Å². The normalized spacial score (nSPS) is 12.1. The molecule has 268 valence electrons. The molecule has 0 spiro atoms. The molecule has 0 unspecified atom stereocenters. The van der Waals surface area contributed by atoms with Crippen LogP contribution >= 0.6 is 0 Å². The molecular formula is C54H32N4. The first-order valence-corrected chi connectivity index (χ1v) is 19.8. The summed E-state index contributed by atoms with van der Waals surface area (Å²) in [7, 11) is 0. The predicted molar refractivity (Wildman–Crippen MR) is 244 cm³/mol. The van der Waals surface area contributed by atoms with E-state index in [9.17, 15) is 0 Å². The highest BCUT2D eigenvalue weighted by Crippen LogP contribution is 2.50. The number of aromatic nitrogens is 4. The summed E-state index contributed by atoms with van der Waals surface area (Å²) < 4.78 is 4.79. The molecule has 0 atom stereocenters. The second-order valence-electron chi connectivity index (χ2n) is 15.3. The molecular weight excluding hydrogens is 705 g/mol. The van der Waals surface area contributed by atoms with Crippen molar-refractivity contribution >= 4 is 97.6 Å². The third-order valence-electron chi connectivity index (χ3n) is 12.2. The van der Waals surface area contributed by atoms with Crippen LogP contribution in [0.1, 0.15) is 0 Å². The van der Waals surface area contributed by atoms with Gasteiger partial charge in [-0.3, -0.25) is 4.57 Å². The molecule has 0 N–H and O–H groups in total. The number of nitrogens with zero attached hydrogens (tertiary/aromatic N) is 4. The molecule has 0 fully saturated rings. The molecule has 3 aromatic heterocycles. The quantitative estimate of drug-likeness (QED) is 0.169. The van der Waals surface area contributed by atoms with Crippen molar-refractivity contribution < 1.29 is 0 Å². The van der Waals surface area contributed by atoms with Gasteiger partial charge in [0.2, 0.25) is 5.95 Å². The van der Waals surface area contributed by atoms with Crippen LogP contribution in [0.3, 0.4) is 0 Å². The molecule has 0 saturated heterocycles. The Kier molecular flexibility index (Phi) is 6.41. The standard InChI is InChI=1S/C54H32N4/c1-2-18-36(19-3-1)57-45-28-14-11-25-42(45)49-47-38-21-7-9-23-40(38)53-50(48(47)37-20-6-8-22-39(37)52(49)57)43-26-12-15-29-46(43)58(53)54-55-44-27-13-10-24-41(44)51(56-54)35-31-30-33-16-4-5-17-34(33)32-35/h1-32H. The van der Waals surface area contributed by atoms with Crippen LogP contribution in [0.5, 0.6) is 0 Å².